The van der Waals surface area contributed by atoms with Gasteiger partial charge in [0, 0.05) is 28.0 Å². The van der Waals surface area contributed by atoms with E-state index in [2.05, 4.69) is 37.8 Å². The molecule has 25 heavy (non-hydrogen) atoms. The van der Waals surface area contributed by atoms with Gasteiger partial charge in [0.05, 0.1) is 16.6 Å². The molecule has 0 spiro atoms. The predicted molar refractivity (Wildman–Crippen MR) is 86.9 cm³/mol. The van der Waals surface area contributed by atoms with Gasteiger partial charge in [0.25, 0.3) is 0 Å². The van der Waals surface area contributed by atoms with Crippen LogP contribution in [0.4, 0.5) is 5.95 Å². The van der Waals surface area contributed by atoms with Crippen LogP contribution >= 0.6 is 0 Å². The lowest BCUT2D eigenvalue weighted by atomic mass is 10.1. The number of hydrogen-bond donors (Lipinski definition) is 3. The van der Waals surface area contributed by atoms with Gasteiger partial charge < -0.3 is 20.5 Å². The Kier molecular flexibility index (Phi) is 4.37. The van der Waals surface area contributed by atoms with Crippen molar-refractivity contribution in [3.8, 4) is 0 Å². The maximum absolute atomic E-state index is 12.0. The van der Waals surface area contributed by atoms with Crippen molar-refractivity contribution >= 4 is 22.8 Å². The van der Waals surface area contributed by atoms with Gasteiger partial charge in [-0.25, -0.2) is 0 Å². The van der Waals surface area contributed by atoms with Crippen molar-refractivity contribution < 1.29 is 9.72 Å². The van der Waals surface area contributed by atoms with E-state index in [9.17, 15) is 14.9 Å². The number of aromatic nitrogens is 5. The van der Waals surface area contributed by atoms with Crippen molar-refractivity contribution in [2.75, 3.05) is 0 Å². The van der Waals surface area contributed by atoms with Gasteiger partial charge in [-0.2, -0.15) is 0 Å². The number of rotatable bonds is 7. The predicted octanol–water partition coefficient (Wildman–Crippen LogP) is 0.440. The van der Waals surface area contributed by atoms with Crippen LogP contribution in [-0.4, -0.2) is 36.0 Å². The van der Waals surface area contributed by atoms with Crippen LogP contribution in [0.25, 0.3) is 10.9 Å². The van der Waals surface area contributed by atoms with E-state index in [0.717, 1.165) is 21.3 Å². The molecule has 3 rings (SSSR count). The van der Waals surface area contributed by atoms with Gasteiger partial charge in [-0.15, -0.1) is 0 Å². The van der Waals surface area contributed by atoms with E-state index >= 15 is 0 Å². The van der Waals surface area contributed by atoms with Crippen LogP contribution in [0.3, 0.4) is 0 Å². The molecule has 11 nitrogen and oxygen atoms in total. The smallest absolute Gasteiger partial charge is 0.390 e. The lowest BCUT2D eigenvalue weighted by Gasteiger charge is -2.09. The van der Waals surface area contributed by atoms with Crippen LogP contribution in [0, 0.1) is 10.1 Å². The fourth-order valence-corrected chi connectivity index (χ4v) is 2.24. The van der Waals surface area contributed by atoms with Gasteiger partial charge in [-0.3, -0.25) is 10.2 Å². The molecule has 0 aliphatic carbocycles. The van der Waals surface area contributed by atoms with Crippen molar-refractivity contribution in [1.29, 1.82) is 0 Å². The second kappa shape index (κ2) is 6.78. The van der Waals surface area contributed by atoms with Gasteiger partial charge in [0.1, 0.15) is 6.54 Å². The Hall–Kier alpha value is -3.76. The summed E-state index contributed by atoms with van der Waals surface area (Å²) < 4.78 is 0. The minimum absolute atomic E-state index is 0.0220. The summed E-state index contributed by atoms with van der Waals surface area (Å²) in [6, 6.07) is 7.68. The van der Waals surface area contributed by atoms with E-state index in [1.807, 2.05) is 24.3 Å². The van der Waals surface area contributed by atoms with E-state index in [1.165, 1.54) is 0 Å². The lowest BCUT2D eigenvalue weighted by Crippen LogP contribution is -2.38. The molecule has 2 heterocycles. The standard InChI is InChI=1S/C14H14N8O3/c1-9(8-21-19-14(18-20-21)22(24)25)16-17-13(23)6-10-7-15-12-5-3-2-4-11(10)12/h2-5,7,15-16H,1,6,8H2,(H,17,23). The van der Waals surface area contributed by atoms with Crippen molar-refractivity contribution in [2.45, 2.75) is 13.0 Å². The number of hydrogen-bond acceptors (Lipinski definition) is 7. The third-order valence-electron chi connectivity index (χ3n) is 3.34. The Bertz CT molecular complexity index is 944. The molecule has 128 valence electrons. The molecule has 0 aliphatic heterocycles. The van der Waals surface area contributed by atoms with Crippen molar-refractivity contribution in [2.24, 2.45) is 0 Å². The topological polar surface area (TPSA) is 144 Å². The fraction of sp³-hybridized carbons (Fsp3) is 0.143. The summed E-state index contributed by atoms with van der Waals surface area (Å²) >= 11 is 0. The minimum Gasteiger partial charge on any atom is -0.390 e. The second-order valence-electron chi connectivity index (χ2n) is 5.19. The van der Waals surface area contributed by atoms with Crippen LogP contribution in [0.15, 0.2) is 42.7 Å². The number of allylic oxidation sites excluding steroid dienone is 1. The molecule has 0 atom stereocenters. The molecule has 11 heteroatoms. The number of nitro groups is 1. The molecule has 0 radical (unpaired) electrons. The monoisotopic (exact) mass is 342 g/mol. The van der Waals surface area contributed by atoms with Gasteiger partial charge in [-0.05, 0) is 16.6 Å². The fourth-order valence-electron chi connectivity index (χ4n) is 2.24. The first-order chi connectivity index (χ1) is 12.0. The van der Waals surface area contributed by atoms with Gasteiger partial charge >= 0.3 is 5.95 Å². The highest BCUT2D eigenvalue weighted by Crippen LogP contribution is 2.17. The Morgan fingerprint density at radius 3 is 2.92 bits per heavy atom. The van der Waals surface area contributed by atoms with E-state index < -0.39 is 10.9 Å². The zero-order valence-electron chi connectivity index (χ0n) is 13.0. The number of aromatic amines is 1. The molecule has 0 saturated carbocycles. The summed E-state index contributed by atoms with van der Waals surface area (Å²) in [4.78, 5) is 25.9. The summed E-state index contributed by atoms with van der Waals surface area (Å²) in [5, 5.41) is 21.8. The highest BCUT2D eigenvalue weighted by Gasteiger charge is 2.16. The number of tetrazole rings is 1. The lowest BCUT2D eigenvalue weighted by molar-refractivity contribution is -0.394. The molecule has 3 N–H and O–H groups in total. The molecular weight excluding hydrogens is 328 g/mol. The van der Waals surface area contributed by atoms with Crippen LogP contribution in [0.1, 0.15) is 5.56 Å². The molecule has 1 amide bonds. The minimum atomic E-state index is -0.747. The molecular formula is C14H14N8O3. The number of nitrogens with one attached hydrogen (secondary N) is 3. The molecule has 1 aromatic carbocycles. The number of benzene rings is 1. The maximum atomic E-state index is 12.0. The Labute approximate surface area is 140 Å². The molecule has 3 aromatic rings. The molecule has 0 fully saturated rings. The molecule has 0 bridgehead atoms. The number of amides is 1. The number of para-hydroxylation sites is 1. The van der Waals surface area contributed by atoms with Gasteiger partial charge in [0.2, 0.25) is 5.91 Å². The summed E-state index contributed by atoms with van der Waals surface area (Å²) in [6.07, 6.45) is 1.97. The van der Waals surface area contributed by atoms with Crippen molar-refractivity contribution in [3.05, 3.63) is 58.4 Å². The van der Waals surface area contributed by atoms with Crippen molar-refractivity contribution in [3.63, 3.8) is 0 Å². The van der Waals surface area contributed by atoms with E-state index in [1.54, 1.807) is 6.20 Å². The number of nitrogens with zero attached hydrogens (tertiary/aromatic N) is 5. The Balaban J connectivity index is 1.51. The quantitative estimate of drug-likeness (QED) is 0.417. The van der Waals surface area contributed by atoms with E-state index in [-0.39, 0.29) is 18.9 Å². The van der Waals surface area contributed by atoms with E-state index in [4.69, 9.17) is 0 Å². The normalized spacial score (nSPS) is 10.6. The van der Waals surface area contributed by atoms with Gasteiger partial charge in [-0.1, -0.05) is 29.6 Å². The average Bonchev–Trinajstić information content (AvgIpc) is 3.21. The Morgan fingerprint density at radius 2 is 2.16 bits per heavy atom. The number of carbonyl (C=O) groups is 1. The molecule has 2 aromatic heterocycles. The van der Waals surface area contributed by atoms with Crippen LogP contribution < -0.4 is 10.9 Å². The zero-order valence-corrected chi connectivity index (χ0v) is 13.0. The second-order valence-corrected chi connectivity index (χ2v) is 5.19. The molecule has 0 unspecified atom stereocenters. The summed E-state index contributed by atoms with van der Waals surface area (Å²) in [5.41, 5.74) is 7.31. The highest BCUT2D eigenvalue weighted by atomic mass is 16.6. The van der Waals surface area contributed by atoms with Crippen LogP contribution in [0.5, 0.6) is 0 Å². The first-order valence-electron chi connectivity index (χ1n) is 7.23. The molecule has 0 aliphatic rings. The first kappa shape index (κ1) is 16.1. The Morgan fingerprint density at radius 1 is 1.36 bits per heavy atom. The van der Waals surface area contributed by atoms with Gasteiger partial charge in [0.15, 0.2) is 0 Å². The number of H-pyrrole nitrogens is 1. The summed E-state index contributed by atoms with van der Waals surface area (Å²) in [7, 11) is 0. The first-order valence-corrected chi connectivity index (χ1v) is 7.23. The number of carbonyl (C=O) groups excluding carboxylic acids is 1. The number of fused-ring (bicyclic) bond motifs is 1. The largest absolute Gasteiger partial charge is 0.514 e. The van der Waals surface area contributed by atoms with E-state index in [0.29, 0.717) is 5.70 Å². The van der Waals surface area contributed by atoms with Crippen LogP contribution in [0.2, 0.25) is 0 Å². The third kappa shape index (κ3) is 3.77. The SMILES string of the molecule is C=C(Cn1nnc([N+](=O)[O-])n1)NNC(=O)Cc1c[nH]c2ccccc12. The van der Waals surface area contributed by atoms with Crippen molar-refractivity contribution in [1.82, 2.24) is 36.0 Å². The molecule has 0 saturated heterocycles. The summed E-state index contributed by atoms with van der Waals surface area (Å²) in [5.74, 6) is -0.861. The number of hydrazine groups is 1. The summed E-state index contributed by atoms with van der Waals surface area (Å²) in [6.45, 7) is 3.71. The third-order valence-corrected chi connectivity index (χ3v) is 3.34. The highest BCUT2D eigenvalue weighted by molar-refractivity contribution is 5.88. The van der Waals surface area contributed by atoms with Crippen LogP contribution in [-0.2, 0) is 17.8 Å². The maximum Gasteiger partial charge on any atom is 0.514 e. The zero-order chi connectivity index (χ0) is 17.8. The average molecular weight is 342 g/mol.